The predicted octanol–water partition coefficient (Wildman–Crippen LogP) is -1.50. The summed E-state index contributed by atoms with van der Waals surface area (Å²) in [6, 6.07) is 6.86. The van der Waals surface area contributed by atoms with Crippen LogP contribution in [0.4, 0.5) is 0 Å². The molecular formula is C15H20N2O4. The Balaban J connectivity index is 1.54. The molecule has 1 aromatic rings. The second kappa shape index (κ2) is 5.73. The normalized spacial score (nSPS) is 34.1. The Labute approximate surface area is 122 Å². The molecule has 0 aromatic heterocycles. The van der Waals surface area contributed by atoms with Crippen LogP contribution in [0.1, 0.15) is 17.0 Å². The van der Waals surface area contributed by atoms with Crippen molar-refractivity contribution in [1.29, 1.82) is 0 Å². The largest absolute Gasteiger partial charge is 0.395 e. The van der Waals surface area contributed by atoms with E-state index in [4.69, 9.17) is 5.11 Å². The first-order valence-electron chi connectivity index (χ1n) is 7.20. The zero-order valence-electron chi connectivity index (χ0n) is 11.6. The molecule has 1 fully saturated rings. The number of carbonyl (C=O) groups is 1. The van der Waals surface area contributed by atoms with Crippen molar-refractivity contribution in [2.75, 3.05) is 13.2 Å². The van der Waals surface area contributed by atoms with E-state index in [1.807, 2.05) is 24.3 Å². The van der Waals surface area contributed by atoms with Gasteiger partial charge in [-0.3, -0.25) is 4.79 Å². The zero-order chi connectivity index (χ0) is 15.0. The monoisotopic (exact) mass is 292 g/mol. The molecular weight excluding hydrogens is 272 g/mol. The molecule has 1 aliphatic carbocycles. The first-order chi connectivity index (χ1) is 10.1. The lowest BCUT2D eigenvalue weighted by Gasteiger charge is -2.29. The predicted molar refractivity (Wildman–Crippen MR) is 75.7 cm³/mol. The maximum atomic E-state index is 12.2. The molecule has 5 atom stereocenters. The lowest BCUT2D eigenvalue weighted by Crippen LogP contribution is -2.46. The molecule has 114 valence electrons. The number of amides is 1. The summed E-state index contributed by atoms with van der Waals surface area (Å²) in [4.78, 5) is 12.2. The Kier molecular flexibility index (Phi) is 3.95. The fraction of sp³-hybridized carbons (Fsp3) is 0.533. The number of aliphatic hydroxyl groups is 3. The average molecular weight is 292 g/mol. The van der Waals surface area contributed by atoms with E-state index in [1.165, 1.54) is 5.56 Å². The number of hydrogen-bond donors (Lipinski definition) is 5. The number of hydrogen-bond acceptors (Lipinski definition) is 5. The van der Waals surface area contributed by atoms with E-state index in [0.717, 1.165) is 12.0 Å². The quantitative estimate of drug-likeness (QED) is 0.465. The van der Waals surface area contributed by atoms with Gasteiger partial charge in [0, 0.05) is 6.54 Å². The third kappa shape index (κ3) is 2.55. The van der Waals surface area contributed by atoms with Crippen molar-refractivity contribution in [3.8, 4) is 0 Å². The van der Waals surface area contributed by atoms with Gasteiger partial charge < -0.3 is 26.0 Å². The van der Waals surface area contributed by atoms with E-state index in [9.17, 15) is 15.0 Å². The van der Waals surface area contributed by atoms with Gasteiger partial charge in [-0.15, -0.1) is 0 Å². The minimum Gasteiger partial charge on any atom is -0.395 e. The highest BCUT2D eigenvalue weighted by molar-refractivity contribution is 5.86. The van der Waals surface area contributed by atoms with Crippen molar-refractivity contribution in [1.82, 2.24) is 10.6 Å². The minimum absolute atomic E-state index is 0.0651. The minimum atomic E-state index is -1.01. The molecule has 1 aromatic carbocycles. The van der Waals surface area contributed by atoms with Gasteiger partial charge in [0.25, 0.3) is 0 Å². The van der Waals surface area contributed by atoms with Crippen molar-refractivity contribution in [2.45, 2.75) is 36.6 Å². The average Bonchev–Trinajstić information content (AvgIpc) is 2.74. The van der Waals surface area contributed by atoms with Crippen LogP contribution >= 0.6 is 0 Å². The standard InChI is InChI=1S/C15H20N2O4/c18-7-12-14(20)13(19)11(17-12)6-16-15(21)10-5-8-3-1-2-4-9(8)10/h1-4,10-14,17-20H,5-7H2,(H,16,21)/t10?,11-,12-,13-,14-/m1/s1. The van der Waals surface area contributed by atoms with Gasteiger partial charge in [-0.05, 0) is 17.5 Å². The van der Waals surface area contributed by atoms with Gasteiger partial charge in [0.1, 0.15) is 0 Å². The molecule has 0 saturated carbocycles. The molecule has 1 amide bonds. The summed E-state index contributed by atoms with van der Waals surface area (Å²) in [5, 5.41) is 34.4. The van der Waals surface area contributed by atoms with E-state index in [1.54, 1.807) is 0 Å². The lowest BCUT2D eigenvalue weighted by atomic mass is 9.77. The molecule has 1 aliphatic heterocycles. The highest BCUT2D eigenvalue weighted by Crippen LogP contribution is 2.34. The van der Waals surface area contributed by atoms with Crippen LogP contribution in [0.3, 0.4) is 0 Å². The highest BCUT2D eigenvalue weighted by Gasteiger charge is 2.41. The fourth-order valence-corrected chi connectivity index (χ4v) is 3.12. The van der Waals surface area contributed by atoms with Gasteiger partial charge in [-0.25, -0.2) is 0 Å². The van der Waals surface area contributed by atoms with Crippen LogP contribution in [0.2, 0.25) is 0 Å². The van der Waals surface area contributed by atoms with E-state index in [-0.39, 0.29) is 25.0 Å². The third-order valence-corrected chi connectivity index (χ3v) is 4.47. The molecule has 0 spiro atoms. The second-order valence-electron chi connectivity index (χ2n) is 5.74. The summed E-state index contributed by atoms with van der Waals surface area (Å²) in [6.45, 7) is -0.0229. The summed E-state index contributed by atoms with van der Waals surface area (Å²) in [5.41, 5.74) is 2.26. The van der Waals surface area contributed by atoms with Crippen molar-refractivity contribution in [3.63, 3.8) is 0 Å². The van der Waals surface area contributed by atoms with Crippen LogP contribution in [-0.4, -0.2) is 58.7 Å². The molecule has 3 rings (SSSR count). The van der Waals surface area contributed by atoms with Gasteiger partial charge in [0.2, 0.25) is 5.91 Å². The molecule has 1 heterocycles. The van der Waals surface area contributed by atoms with Gasteiger partial charge in [0.15, 0.2) is 0 Å². The molecule has 2 aliphatic rings. The lowest BCUT2D eigenvalue weighted by molar-refractivity contribution is -0.123. The van der Waals surface area contributed by atoms with Gasteiger partial charge in [0.05, 0.1) is 36.8 Å². The topological polar surface area (TPSA) is 102 Å². The molecule has 5 N–H and O–H groups in total. The number of benzene rings is 1. The van der Waals surface area contributed by atoms with Crippen molar-refractivity contribution in [2.24, 2.45) is 0 Å². The molecule has 1 saturated heterocycles. The van der Waals surface area contributed by atoms with Crippen LogP contribution < -0.4 is 10.6 Å². The van der Waals surface area contributed by atoms with E-state index in [2.05, 4.69) is 10.6 Å². The summed E-state index contributed by atoms with van der Waals surface area (Å²) in [7, 11) is 0. The number of aliphatic hydroxyl groups excluding tert-OH is 3. The van der Waals surface area contributed by atoms with Crippen molar-refractivity contribution in [3.05, 3.63) is 35.4 Å². The van der Waals surface area contributed by atoms with E-state index < -0.39 is 24.3 Å². The maximum Gasteiger partial charge on any atom is 0.227 e. The molecule has 0 bridgehead atoms. The second-order valence-corrected chi connectivity index (χ2v) is 5.74. The van der Waals surface area contributed by atoms with Crippen LogP contribution in [-0.2, 0) is 11.2 Å². The van der Waals surface area contributed by atoms with E-state index >= 15 is 0 Å². The number of nitrogens with one attached hydrogen (secondary N) is 2. The Hall–Kier alpha value is -1.47. The SMILES string of the molecule is O=C(NC[C@H]1N[C@H](CO)[C@@H](O)[C@@H]1O)C1Cc2ccccc21. The Morgan fingerprint density at radius 2 is 1.95 bits per heavy atom. The summed E-state index contributed by atoms with van der Waals surface area (Å²) in [5.74, 6) is -0.192. The first kappa shape index (κ1) is 14.5. The molecule has 21 heavy (non-hydrogen) atoms. The Morgan fingerprint density at radius 1 is 1.24 bits per heavy atom. The van der Waals surface area contributed by atoms with Gasteiger partial charge in [-0.2, -0.15) is 0 Å². The summed E-state index contributed by atoms with van der Waals surface area (Å²) in [6.07, 6.45) is -1.26. The van der Waals surface area contributed by atoms with E-state index in [0.29, 0.717) is 0 Å². The van der Waals surface area contributed by atoms with Gasteiger partial charge in [-0.1, -0.05) is 24.3 Å². The number of rotatable bonds is 4. The Bertz CT molecular complexity index is 536. The number of carbonyl (C=O) groups excluding carboxylic acids is 1. The molecule has 0 radical (unpaired) electrons. The summed E-state index contributed by atoms with van der Waals surface area (Å²) < 4.78 is 0. The van der Waals surface area contributed by atoms with Crippen molar-refractivity contribution >= 4 is 5.91 Å². The van der Waals surface area contributed by atoms with Crippen LogP contribution in [0.25, 0.3) is 0 Å². The maximum absolute atomic E-state index is 12.2. The van der Waals surface area contributed by atoms with Crippen LogP contribution in [0.5, 0.6) is 0 Å². The smallest absolute Gasteiger partial charge is 0.227 e. The summed E-state index contributed by atoms with van der Waals surface area (Å²) >= 11 is 0. The zero-order valence-corrected chi connectivity index (χ0v) is 11.6. The van der Waals surface area contributed by atoms with Crippen LogP contribution in [0, 0.1) is 0 Å². The first-order valence-corrected chi connectivity index (χ1v) is 7.20. The number of fused-ring (bicyclic) bond motifs is 1. The fourth-order valence-electron chi connectivity index (χ4n) is 3.12. The highest BCUT2D eigenvalue weighted by atomic mass is 16.3. The molecule has 6 heteroatoms. The Morgan fingerprint density at radius 3 is 2.62 bits per heavy atom. The molecule has 6 nitrogen and oxygen atoms in total. The molecule has 1 unspecified atom stereocenters. The van der Waals surface area contributed by atoms with Crippen molar-refractivity contribution < 1.29 is 20.1 Å². The van der Waals surface area contributed by atoms with Gasteiger partial charge >= 0.3 is 0 Å². The van der Waals surface area contributed by atoms with Crippen LogP contribution in [0.15, 0.2) is 24.3 Å². The third-order valence-electron chi connectivity index (χ3n) is 4.47.